The van der Waals surface area contributed by atoms with Gasteiger partial charge in [-0.05, 0) is 36.1 Å². The van der Waals surface area contributed by atoms with Crippen LogP contribution in [-0.2, 0) is 9.59 Å². The summed E-state index contributed by atoms with van der Waals surface area (Å²) in [6.45, 7) is 0.207. The number of hydrogen-bond acceptors (Lipinski definition) is 8. The van der Waals surface area contributed by atoms with Crippen molar-refractivity contribution in [3.05, 3.63) is 35.9 Å². The molecule has 1 aromatic carbocycles. The van der Waals surface area contributed by atoms with Crippen molar-refractivity contribution in [2.45, 2.75) is 12.5 Å². The second-order valence-electron chi connectivity index (χ2n) is 5.41. The number of rotatable bonds is 8. The smallest absolute Gasteiger partial charge is 0.240 e. The van der Waals surface area contributed by atoms with Crippen molar-refractivity contribution in [2.24, 2.45) is 10.2 Å². The second kappa shape index (κ2) is 10.1. The van der Waals surface area contributed by atoms with Crippen molar-refractivity contribution >= 4 is 45.9 Å². The highest BCUT2D eigenvalue weighted by molar-refractivity contribution is 8.14. The number of likely N-dealkylation sites (N-methyl/N-ethyl adjacent to an activating group) is 1. The Morgan fingerprint density at radius 3 is 2.92 bits per heavy atom. The van der Waals surface area contributed by atoms with E-state index in [-0.39, 0.29) is 23.6 Å². The highest BCUT2D eigenvalue weighted by Gasteiger charge is 2.26. The highest BCUT2D eigenvalue weighted by atomic mass is 32.2. The lowest BCUT2D eigenvalue weighted by Crippen LogP contribution is -2.41. The number of anilines is 1. The number of nitrogens with zero attached hydrogens (tertiary/aromatic N) is 3. The van der Waals surface area contributed by atoms with E-state index < -0.39 is 0 Å². The SMILES string of the molecule is CN(/C=C\SCN=Nc1ccc(N)cc1)CC(=O)NC1CCSC1=O. The van der Waals surface area contributed by atoms with Crippen LogP contribution in [0.15, 0.2) is 46.1 Å². The Kier molecular flexibility index (Phi) is 7.80. The van der Waals surface area contributed by atoms with E-state index >= 15 is 0 Å². The van der Waals surface area contributed by atoms with Gasteiger partial charge in [0.05, 0.1) is 18.3 Å². The van der Waals surface area contributed by atoms with Crippen molar-refractivity contribution in [1.82, 2.24) is 10.2 Å². The van der Waals surface area contributed by atoms with Crippen LogP contribution in [0.25, 0.3) is 0 Å². The topological polar surface area (TPSA) is 100 Å². The summed E-state index contributed by atoms with van der Waals surface area (Å²) in [7, 11) is 1.80. The molecule has 1 aromatic rings. The number of hydrogen-bond donors (Lipinski definition) is 2. The Balaban J connectivity index is 1.62. The first kappa shape index (κ1) is 19.3. The molecule has 1 saturated heterocycles. The van der Waals surface area contributed by atoms with Crippen molar-refractivity contribution in [2.75, 3.05) is 31.0 Å². The summed E-state index contributed by atoms with van der Waals surface area (Å²) < 4.78 is 0. The number of nitrogens with two attached hydrogens (primary N) is 1. The molecule has 1 unspecified atom stereocenters. The minimum Gasteiger partial charge on any atom is -0.399 e. The Morgan fingerprint density at radius 2 is 2.24 bits per heavy atom. The van der Waals surface area contributed by atoms with E-state index in [9.17, 15) is 9.59 Å². The lowest BCUT2D eigenvalue weighted by atomic mass is 10.2. The summed E-state index contributed by atoms with van der Waals surface area (Å²) in [6, 6.07) is 6.83. The number of azo groups is 1. The van der Waals surface area contributed by atoms with Crippen LogP contribution >= 0.6 is 23.5 Å². The molecule has 1 atom stereocenters. The number of amides is 1. The van der Waals surface area contributed by atoms with E-state index in [0.29, 0.717) is 18.0 Å². The quantitative estimate of drug-likeness (QED) is 0.409. The molecule has 0 aliphatic carbocycles. The number of carbonyl (C=O) groups excluding carboxylic acids is 2. The summed E-state index contributed by atoms with van der Waals surface area (Å²) >= 11 is 2.74. The first-order chi connectivity index (χ1) is 12.0. The molecule has 134 valence electrons. The summed E-state index contributed by atoms with van der Waals surface area (Å²) in [5.74, 6) is 1.11. The van der Waals surface area contributed by atoms with Gasteiger partial charge in [-0.1, -0.05) is 11.8 Å². The van der Waals surface area contributed by atoms with Crippen LogP contribution < -0.4 is 11.1 Å². The molecule has 0 spiro atoms. The van der Waals surface area contributed by atoms with Gasteiger partial charge in [0, 0.05) is 24.7 Å². The fourth-order valence-corrected chi connectivity index (χ4v) is 3.46. The molecule has 1 amide bonds. The van der Waals surface area contributed by atoms with E-state index in [1.807, 2.05) is 5.41 Å². The maximum atomic E-state index is 11.9. The summed E-state index contributed by atoms with van der Waals surface area (Å²) in [5.41, 5.74) is 7.05. The van der Waals surface area contributed by atoms with E-state index in [2.05, 4.69) is 15.5 Å². The highest BCUT2D eigenvalue weighted by Crippen LogP contribution is 2.19. The third kappa shape index (κ3) is 7.18. The monoisotopic (exact) mass is 379 g/mol. The standard InChI is InChI=1S/C16H21N5O2S2/c1-21(10-15(22)19-14-6-8-25-16(14)23)7-9-24-11-18-20-13-4-2-12(17)3-5-13/h2-5,7,9,14H,6,8,10-11,17H2,1H3,(H,19,22)/b9-7-,20-18?. The molecule has 1 heterocycles. The Morgan fingerprint density at radius 1 is 1.48 bits per heavy atom. The zero-order valence-corrected chi connectivity index (χ0v) is 15.6. The molecule has 9 heteroatoms. The molecular weight excluding hydrogens is 358 g/mol. The van der Waals surface area contributed by atoms with Crippen LogP contribution in [0.3, 0.4) is 0 Å². The number of thioether (sulfide) groups is 2. The van der Waals surface area contributed by atoms with E-state index in [4.69, 9.17) is 5.73 Å². The maximum Gasteiger partial charge on any atom is 0.240 e. The molecule has 0 aromatic heterocycles. The normalized spacial score (nSPS) is 17.5. The van der Waals surface area contributed by atoms with Gasteiger partial charge in [0.15, 0.2) is 0 Å². The molecule has 7 nitrogen and oxygen atoms in total. The lowest BCUT2D eigenvalue weighted by Gasteiger charge is -2.15. The zero-order chi connectivity index (χ0) is 18.1. The summed E-state index contributed by atoms with van der Waals surface area (Å²) in [6.07, 6.45) is 2.51. The van der Waals surface area contributed by atoms with E-state index in [1.165, 1.54) is 23.5 Å². The lowest BCUT2D eigenvalue weighted by molar-refractivity contribution is -0.124. The Hall–Kier alpha value is -2.00. The predicted molar refractivity (Wildman–Crippen MR) is 104 cm³/mol. The third-order valence-corrected chi connectivity index (χ3v) is 4.87. The first-order valence-corrected chi connectivity index (χ1v) is 9.75. The minimum atomic E-state index is -0.335. The Bertz CT molecular complexity index is 648. The van der Waals surface area contributed by atoms with Gasteiger partial charge in [0.25, 0.3) is 0 Å². The second-order valence-corrected chi connectivity index (χ2v) is 7.37. The van der Waals surface area contributed by atoms with Crippen LogP contribution in [0.4, 0.5) is 11.4 Å². The predicted octanol–water partition coefficient (Wildman–Crippen LogP) is 2.59. The van der Waals surface area contributed by atoms with Gasteiger partial charge in [0.2, 0.25) is 11.0 Å². The molecule has 1 aliphatic rings. The van der Waals surface area contributed by atoms with Gasteiger partial charge in [-0.2, -0.15) is 10.2 Å². The fraction of sp³-hybridized carbons (Fsp3) is 0.375. The van der Waals surface area contributed by atoms with Crippen LogP contribution in [0.2, 0.25) is 0 Å². The van der Waals surface area contributed by atoms with Crippen LogP contribution in [0, 0.1) is 0 Å². The molecule has 1 aliphatic heterocycles. The van der Waals surface area contributed by atoms with Gasteiger partial charge >= 0.3 is 0 Å². The number of benzene rings is 1. The average Bonchev–Trinajstić information content (AvgIpc) is 2.97. The van der Waals surface area contributed by atoms with Crippen molar-refractivity contribution in [3.63, 3.8) is 0 Å². The zero-order valence-electron chi connectivity index (χ0n) is 13.9. The summed E-state index contributed by atoms with van der Waals surface area (Å²) in [5, 5.41) is 12.8. The van der Waals surface area contributed by atoms with Gasteiger partial charge in [-0.25, -0.2) is 0 Å². The third-order valence-electron chi connectivity index (χ3n) is 3.29. The van der Waals surface area contributed by atoms with Gasteiger partial charge in [-0.3, -0.25) is 9.59 Å². The van der Waals surface area contributed by atoms with Gasteiger partial charge in [0.1, 0.15) is 5.88 Å². The molecule has 0 radical (unpaired) electrons. The maximum absolute atomic E-state index is 11.9. The van der Waals surface area contributed by atoms with E-state index in [0.717, 1.165) is 11.4 Å². The first-order valence-electron chi connectivity index (χ1n) is 7.72. The molecule has 25 heavy (non-hydrogen) atoms. The van der Waals surface area contributed by atoms with Crippen LogP contribution in [0.1, 0.15) is 6.42 Å². The molecule has 1 fully saturated rings. The minimum absolute atomic E-state index is 0.0496. The van der Waals surface area contributed by atoms with Crippen LogP contribution in [-0.4, -0.2) is 47.2 Å². The average molecular weight is 380 g/mol. The van der Waals surface area contributed by atoms with Crippen molar-refractivity contribution < 1.29 is 9.59 Å². The fourth-order valence-electron chi connectivity index (χ4n) is 2.02. The van der Waals surface area contributed by atoms with Crippen molar-refractivity contribution in [3.8, 4) is 0 Å². The van der Waals surface area contributed by atoms with Gasteiger partial charge < -0.3 is 16.0 Å². The molecular formula is C16H21N5O2S2. The van der Waals surface area contributed by atoms with Gasteiger partial charge in [-0.15, -0.1) is 11.8 Å². The number of nitrogens with one attached hydrogen (secondary N) is 1. The molecule has 0 bridgehead atoms. The number of nitrogen functional groups attached to an aromatic ring is 1. The van der Waals surface area contributed by atoms with Crippen molar-refractivity contribution in [1.29, 1.82) is 0 Å². The number of carbonyl (C=O) groups is 2. The Labute approximate surface area is 155 Å². The largest absolute Gasteiger partial charge is 0.399 e. The molecule has 2 rings (SSSR count). The summed E-state index contributed by atoms with van der Waals surface area (Å²) in [4.78, 5) is 25.1. The molecule has 3 N–H and O–H groups in total. The molecule has 0 saturated carbocycles. The van der Waals surface area contributed by atoms with Crippen LogP contribution in [0.5, 0.6) is 0 Å². The van der Waals surface area contributed by atoms with E-state index in [1.54, 1.807) is 42.4 Å².